The molecule has 0 aliphatic heterocycles. The Labute approximate surface area is 120 Å². The van der Waals surface area contributed by atoms with Crippen molar-refractivity contribution < 1.29 is 28.0 Å². The van der Waals surface area contributed by atoms with Crippen LogP contribution in [0.4, 0.5) is 23.5 Å². The van der Waals surface area contributed by atoms with Crippen molar-refractivity contribution in [2.75, 3.05) is 0 Å². The lowest BCUT2D eigenvalue weighted by molar-refractivity contribution is 0.550. The Morgan fingerprint density at radius 3 is 1.32 bits per heavy atom. The van der Waals surface area contributed by atoms with Gasteiger partial charge in [0.2, 0.25) is 47.9 Å². The van der Waals surface area contributed by atoms with Gasteiger partial charge in [-0.25, -0.2) is 19.2 Å². The lowest BCUT2D eigenvalue weighted by Gasteiger charge is -1.92. The normalized spacial score (nSPS) is 8.91. The number of isocyanates is 4. The van der Waals surface area contributed by atoms with E-state index < -0.39 is 0 Å². The largest absolute Gasteiger partial charge is 0.418 e. The number of hydrogen-bond donors (Lipinski definition) is 0. The first-order chi connectivity index (χ1) is 10.7. The average Bonchev–Trinajstić information content (AvgIpc) is 3.05. The van der Waals surface area contributed by atoms with E-state index in [2.05, 4.69) is 20.0 Å². The van der Waals surface area contributed by atoms with Gasteiger partial charge in [-0.15, -0.1) is 20.0 Å². The van der Waals surface area contributed by atoms with Crippen molar-refractivity contribution in [3.05, 3.63) is 12.1 Å². The van der Waals surface area contributed by atoms with E-state index in [4.69, 9.17) is 8.83 Å². The Bertz CT molecular complexity index is 837. The van der Waals surface area contributed by atoms with Gasteiger partial charge in [-0.1, -0.05) is 0 Å². The third kappa shape index (κ3) is 2.81. The zero-order valence-corrected chi connectivity index (χ0v) is 10.4. The van der Waals surface area contributed by atoms with E-state index in [1.807, 2.05) is 0 Å². The minimum Gasteiger partial charge on any atom is -0.418 e. The smallest absolute Gasteiger partial charge is 0.243 e. The van der Waals surface area contributed by atoms with Crippen LogP contribution >= 0.6 is 0 Å². The summed E-state index contributed by atoms with van der Waals surface area (Å²) in [7, 11) is 0. The van der Waals surface area contributed by atoms with Crippen molar-refractivity contribution in [3.63, 3.8) is 0 Å². The highest BCUT2D eigenvalue weighted by Crippen LogP contribution is 2.44. The molecule has 0 saturated heterocycles. The molecule has 0 aliphatic rings. The molecule has 10 nitrogen and oxygen atoms in total. The quantitative estimate of drug-likeness (QED) is 0.612. The molecule has 0 radical (unpaired) electrons. The molecule has 106 valence electrons. The number of hydrogen-bond acceptors (Lipinski definition) is 10. The number of carbonyl (C=O) groups excluding carboxylic acids is 4. The molecule has 0 atom stereocenters. The monoisotopic (exact) mass is 298 g/mol. The van der Waals surface area contributed by atoms with Crippen LogP contribution in [0.15, 0.2) is 40.9 Å². The fourth-order valence-corrected chi connectivity index (χ4v) is 1.57. The lowest BCUT2D eigenvalue weighted by Crippen LogP contribution is -1.70. The molecule has 0 bridgehead atoms. The molecule has 0 aromatic carbocycles. The van der Waals surface area contributed by atoms with E-state index >= 15 is 0 Å². The fraction of sp³-hybridized carbons (Fsp3) is 0. The van der Waals surface area contributed by atoms with Crippen LogP contribution in [0.25, 0.3) is 11.1 Å². The van der Waals surface area contributed by atoms with E-state index in [1.54, 1.807) is 0 Å². The third-order valence-corrected chi connectivity index (χ3v) is 2.30. The summed E-state index contributed by atoms with van der Waals surface area (Å²) in [4.78, 5) is 54.3. The van der Waals surface area contributed by atoms with Crippen LogP contribution in [0.1, 0.15) is 0 Å². The van der Waals surface area contributed by atoms with Crippen LogP contribution in [-0.4, -0.2) is 24.3 Å². The second-order valence-corrected chi connectivity index (χ2v) is 3.42. The van der Waals surface area contributed by atoms with Crippen LogP contribution in [0.2, 0.25) is 0 Å². The van der Waals surface area contributed by atoms with E-state index in [1.165, 1.54) is 36.5 Å². The zero-order chi connectivity index (χ0) is 15.9. The molecule has 2 rings (SSSR count). The SMILES string of the molecule is O=C=Nc1cc(-c2cc(N=C=O)oc2N=C=O)c(N=C=O)o1. The molecule has 2 aromatic rings. The summed E-state index contributed by atoms with van der Waals surface area (Å²) in [6, 6.07) is 2.42. The fourth-order valence-electron chi connectivity index (χ4n) is 1.57. The highest BCUT2D eigenvalue weighted by atomic mass is 16.4. The molecule has 2 aromatic heterocycles. The predicted molar refractivity (Wildman–Crippen MR) is 67.5 cm³/mol. The maximum atomic E-state index is 10.4. The van der Waals surface area contributed by atoms with Gasteiger partial charge >= 0.3 is 0 Å². The molecule has 0 fully saturated rings. The molecule has 0 amide bonds. The van der Waals surface area contributed by atoms with E-state index in [0.717, 1.165) is 0 Å². The Morgan fingerprint density at radius 1 is 0.636 bits per heavy atom. The first-order valence-electron chi connectivity index (χ1n) is 5.33. The predicted octanol–water partition coefficient (Wildman–Crippen LogP) is 2.41. The first kappa shape index (κ1) is 14.5. The van der Waals surface area contributed by atoms with Gasteiger partial charge in [-0.2, -0.15) is 0 Å². The van der Waals surface area contributed by atoms with Crippen molar-refractivity contribution in [2.24, 2.45) is 20.0 Å². The van der Waals surface area contributed by atoms with Crippen LogP contribution in [0, 0.1) is 0 Å². The Kier molecular flexibility index (Phi) is 4.28. The van der Waals surface area contributed by atoms with Gasteiger partial charge in [0.05, 0.1) is 11.1 Å². The molecule has 0 unspecified atom stereocenters. The summed E-state index contributed by atoms with van der Waals surface area (Å²) in [6.07, 6.45) is 4.99. The van der Waals surface area contributed by atoms with Crippen LogP contribution in [0.5, 0.6) is 0 Å². The van der Waals surface area contributed by atoms with Crippen molar-refractivity contribution in [2.45, 2.75) is 0 Å². The number of furan rings is 2. The maximum Gasteiger partial charge on any atom is 0.243 e. The summed E-state index contributed by atoms with van der Waals surface area (Å²) in [5.41, 5.74) is 0.199. The summed E-state index contributed by atoms with van der Waals surface area (Å²) in [5, 5.41) is 0. The summed E-state index contributed by atoms with van der Waals surface area (Å²) >= 11 is 0. The topological polar surface area (TPSA) is 144 Å². The van der Waals surface area contributed by atoms with Crippen molar-refractivity contribution in [3.8, 4) is 11.1 Å². The van der Waals surface area contributed by atoms with Gasteiger partial charge < -0.3 is 8.83 Å². The highest BCUT2D eigenvalue weighted by molar-refractivity contribution is 5.84. The maximum absolute atomic E-state index is 10.4. The molecule has 0 N–H and O–H groups in total. The number of rotatable bonds is 5. The average molecular weight is 298 g/mol. The van der Waals surface area contributed by atoms with E-state index in [-0.39, 0.29) is 34.7 Å². The van der Waals surface area contributed by atoms with Crippen molar-refractivity contribution in [1.82, 2.24) is 0 Å². The molecular formula is C12H2N4O6. The second kappa shape index (κ2) is 6.49. The van der Waals surface area contributed by atoms with Gasteiger partial charge in [0, 0.05) is 12.1 Å². The number of nitrogens with zero attached hydrogens (tertiary/aromatic N) is 4. The summed E-state index contributed by atoms with van der Waals surface area (Å²) < 4.78 is 10.0. The minimum absolute atomic E-state index is 0.0995. The van der Waals surface area contributed by atoms with Gasteiger partial charge in [0.1, 0.15) is 0 Å². The van der Waals surface area contributed by atoms with E-state index in [9.17, 15) is 19.2 Å². The molecule has 10 heteroatoms. The molecule has 2 heterocycles. The van der Waals surface area contributed by atoms with Crippen molar-refractivity contribution >= 4 is 47.9 Å². The first-order valence-corrected chi connectivity index (χ1v) is 5.33. The molecular weight excluding hydrogens is 296 g/mol. The van der Waals surface area contributed by atoms with Crippen LogP contribution in [-0.2, 0) is 19.2 Å². The second-order valence-electron chi connectivity index (χ2n) is 3.42. The van der Waals surface area contributed by atoms with Gasteiger partial charge in [0.15, 0.2) is 0 Å². The zero-order valence-electron chi connectivity index (χ0n) is 10.4. The van der Waals surface area contributed by atoms with Crippen LogP contribution in [0.3, 0.4) is 0 Å². The Balaban J connectivity index is 2.73. The highest BCUT2D eigenvalue weighted by Gasteiger charge is 2.20. The summed E-state index contributed by atoms with van der Waals surface area (Å²) in [5.74, 6) is -0.953. The number of aliphatic imine (C=N–C) groups is 4. The van der Waals surface area contributed by atoms with Gasteiger partial charge in [-0.05, 0) is 0 Å². The third-order valence-electron chi connectivity index (χ3n) is 2.30. The molecule has 0 aliphatic carbocycles. The Hall–Kier alpha value is -3.92. The standard InChI is InChI=1S/C12H2N4O6/c17-3-13-9-1-7(11(21-9)15-5-19)8-2-10(14-4-18)22-12(8)16-6-20/h1-2H. The molecule has 0 saturated carbocycles. The van der Waals surface area contributed by atoms with Crippen molar-refractivity contribution in [1.29, 1.82) is 0 Å². The lowest BCUT2D eigenvalue weighted by atomic mass is 10.1. The van der Waals surface area contributed by atoms with Gasteiger partial charge in [-0.3, -0.25) is 0 Å². The molecule has 22 heavy (non-hydrogen) atoms. The Morgan fingerprint density at radius 2 is 1.00 bits per heavy atom. The summed E-state index contributed by atoms with van der Waals surface area (Å²) in [6.45, 7) is 0. The van der Waals surface area contributed by atoms with Crippen LogP contribution < -0.4 is 0 Å². The van der Waals surface area contributed by atoms with E-state index in [0.29, 0.717) is 0 Å². The minimum atomic E-state index is -0.270. The molecule has 0 spiro atoms. The van der Waals surface area contributed by atoms with Gasteiger partial charge in [0.25, 0.3) is 0 Å².